The Morgan fingerprint density at radius 1 is 1.25 bits per heavy atom. The van der Waals surface area contributed by atoms with E-state index < -0.39 is 0 Å². The van der Waals surface area contributed by atoms with Crippen molar-refractivity contribution in [1.82, 2.24) is 15.0 Å². The second-order valence-electron chi connectivity index (χ2n) is 4.29. The topological polar surface area (TPSA) is 83.4 Å². The lowest BCUT2D eigenvalue weighted by Crippen LogP contribution is -2.15. The molecule has 0 atom stereocenters. The van der Waals surface area contributed by atoms with E-state index in [-0.39, 0.29) is 12.6 Å². The molecule has 106 valence electrons. The molecule has 0 unspecified atom stereocenters. The quantitative estimate of drug-likeness (QED) is 0.850. The molecular weight excluding hydrogens is 258 g/mol. The van der Waals surface area contributed by atoms with Gasteiger partial charge in [-0.2, -0.15) is 15.0 Å². The van der Waals surface area contributed by atoms with Crippen molar-refractivity contribution < 1.29 is 9.84 Å². The Morgan fingerprint density at radius 3 is 2.70 bits per heavy atom. The molecule has 7 nitrogen and oxygen atoms in total. The number of ether oxygens (including phenoxy) is 1. The van der Waals surface area contributed by atoms with Crippen LogP contribution in [-0.4, -0.2) is 41.2 Å². The number of nitrogens with zero attached hydrogens (tertiary/aromatic N) is 4. The zero-order chi connectivity index (χ0) is 14.5. The zero-order valence-corrected chi connectivity index (χ0v) is 11.7. The van der Waals surface area contributed by atoms with Gasteiger partial charge in [0.2, 0.25) is 11.9 Å². The zero-order valence-electron chi connectivity index (χ0n) is 11.7. The number of aliphatic hydroxyl groups is 1. The summed E-state index contributed by atoms with van der Waals surface area (Å²) in [6.07, 6.45) is 0. The largest absolute Gasteiger partial charge is 0.424 e. The van der Waals surface area contributed by atoms with E-state index in [0.717, 1.165) is 5.56 Å². The Labute approximate surface area is 117 Å². The molecule has 0 bridgehead atoms. The van der Waals surface area contributed by atoms with Gasteiger partial charge < -0.3 is 20.1 Å². The third-order valence-electron chi connectivity index (χ3n) is 2.52. The van der Waals surface area contributed by atoms with Crippen LogP contribution in [0.25, 0.3) is 0 Å². The summed E-state index contributed by atoms with van der Waals surface area (Å²) in [5.41, 5.74) is 0.762. The first-order chi connectivity index (χ1) is 9.62. The van der Waals surface area contributed by atoms with Crippen molar-refractivity contribution in [1.29, 1.82) is 0 Å². The first-order valence-electron chi connectivity index (χ1n) is 6.11. The van der Waals surface area contributed by atoms with E-state index >= 15 is 0 Å². The molecule has 2 N–H and O–H groups in total. The molecule has 0 spiro atoms. The summed E-state index contributed by atoms with van der Waals surface area (Å²) in [7, 11) is 5.40. The van der Waals surface area contributed by atoms with Crippen molar-refractivity contribution >= 4 is 11.9 Å². The highest BCUT2D eigenvalue weighted by Gasteiger charge is 2.09. The van der Waals surface area contributed by atoms with Crippen LogP contribution in [0.4, 0.5) is 11.9 Å². The Morgan fingerprint density at radius 2 is 2.05 bits per heavy atom. The number of hydrogen-bond acceptors (Lipinski definition) is 7. The first kappa shape index (κ1) is 14.0. The Bertz CT molecular complexity index is 589. The summed E-state index contributed by atoms with van der Waals surface area (Å²) in [4.78, 5) is 14.3. The highest BCUT2D eigenvalue weighted by Crippen LogP contribution is 2.21. The molecule has 0 aliphatic carbocycles. The monoisotopic (exact) mass is 275 g/mol. The lowest BCUT2D eigenvalue weighted by Gasteiger charge is -2.12. The van der Waals surface area contributed by atoms with Crippen molar-refractivity contribution in [2.45, 2.75) is 6.61 Å². The normalized spacial score (nSPS) is 10.2. The summed E-state index contributed by atoms with van der Waals surface area (Å²) in [6, 6.07) is 7.32. The molecule has 0 aliphatic heterocycles. The van der Waals surface area contributed by atoms with Gasteiger partial charge in [0.1, 0.15) is 5.75 Å². The molecule has 20 heavy (non-hydrogen) atoms. The number of aromatic nitrogens is 3. The second kappa shape index (κ2) is 6.16. The third kappa shape index (κ3) is 3.33. The minimum absolute atomic E-state index is 0.0425. The van der Waals surface area contributed by atoms with E-state index in [1.807, 2.05) is 20.2 Å². The van der Waals surface area contributed by atoms with Crippen molar-refractivity contribution in [2.75, 3.05) is 31.4 Å². The van der Waals surface area contributed by atoms with Crippen molar-refractivity contribution in [3.8, 4) is 11.8 Å². The summed E-state index contributed by atoms with van der Waals surface area (Å²) < 4.78 is 5.61. The molecule has 1 aromatic carbocycles. The van der Waals surface area contributed by atoms with Crippen LogP contribution in [0.1, 0.15) is 5.56 Å². The lowest BCUT2D eigenvalue weighted by molar-refractivity contribution is 0.281. The summed E-state index contributed by atoms with van der Waals surface area (Å²) in [5.74, 6) is 1.49. The Hall–Kier alpha value is -2.41. The predicted octanol–water partition coefficient (Wildman–Crippen LogP) is 1.26. The van der Waals surface area contributed by atoms with Gasteiger partial charge in [-0.1, -0.05) is 12.1 Å². The molecule has 0 saturated carbocycles. The van der Waals surface area contributed by atoms with Crippen molar-refractivity contribution in [3.05, 3.63) is 29.8 Å². The van der Waals surface area contributed by atoms with Crippen LogP contribution in [-0.2, 0) is 6.61 Å². The molecule has 0 amide bonds. The molecule has 0 aliphatic rings. The van der Waals surface area contributed by atoms with E-state index in [1.165, 1.54) is 0 Å². The molecule has 1 heterocycles. The van der Waals surface area contributed by atoms with Crippen LogP contribution in [0, 0.1) is 0 Å². The van der Waals surface area contributed by atoms with Gasteiger partial charge in [0.05, 0.1) is 6.61 Å². The van der Waals surface area contributed by atoms with Crippen LogP contribution in [0.5, 0.6) is 11.8 Å². The highest BCUT2D eigenvalue weighted by atomic mass is 16.5. The van der Waals surface area contributed by atoms with Gasteiger partial charge in [0, 0.05) is 21.1 Å². The number of benzene rings is 1. The molecule has 0 fully saturated rings. The van der Waals surface area contributed by atoms with Gasteiger partial charge in [-0.3, -0.25) is 0 Å². The summed E-state index contributed by atoms with van der Waals surface area (Å²) >= 11 is 0. The lowest BCUT2D eigenvalue weighted by atomic mass is 10.2. The minimum atomic E-state index is -0.0425. The fraction of sp³-hybridized carbons (Fsp3) is 0.308. The minimum Gasteiger partial charge on any atom is -0.424 e. The average molecular weight is 275 g/mol. The maximum atomic E-state index is 9.11. The van der Waals surface area contributed by atoms with E-state index in [0.29, 0.717) is 17.6 Å². The molecule has 2 rings (SSSR count). The summed E-state index contributed by atoms with van der Waals surface area (Å²) in [6.45, 7) is -0.0425. The van der Waals surface area contributed by atoms with Crippen LogP contribution in [0.2, 0.25) is 0 Å². The molecule has 0 radical (unpaired) electrons. The van der Waals surface area contributed by atoms with E-state index in [2.05, 4.69) is 20.3 Å². The second-order valence-corrected chi connectivity index (χ2v) is 4.29. The van der Waals surface area contributed by atoms with Crippen molar-refractivity contribution in [2.24, 2.45) is 0 Å². The van der Waals surface area contributed by atoms with Gasteiger partial charge in [0.25, 0.3) is 0 Å². The number of rotatable bonds is 5. The molecule has 0 saturated heterocycles. The summed E-state index contributed by atoms with van der Waals surface area (Å²) in [5, 5.41) is 12.0. The first-order valence-corrected chi connectivity index (χ1v) is 6.11. The fourth-order valence-electron chi connectivity index (χ4n) is 1.52. The average Bonchev–Trinajstić information content (AvgIpc) is 2.47. The Kier molecular flexibility index (Phi) is 4.31. The maximum absolute atomic E-state index is 9.11. The van der Waals surface area contributed by atoms with Crippen LogP contribution < -0.4 is 15.0 Å². The van der Waals surface area contributed by atoms with Gasteiger partial charge in [0.15, 0.2) is 0 Å². The van der Waals surface area contributed by atoms with E-state index in [9.17, 15) is 0 Å². The third-order valence-corrected chi connectivity index (χ3v) is 2.52. The van der Waals surface area contributed by atoms with Gasteiger partial charge in [-0.05, 0) is 17.7 Å². The van der Waals surface area contributed by atoms with E-state index in [4.69, 9.17) is 9.84 Å². The molecule has 1 aromatic heterocycles. The van der Waals surface area contributed by atoms with Gasteiger partial charge in [-0.15, -0.1) is 0 Å². The maximum Gasteiger partial charge on any atom is 0.328 e. The smallest absolute Gasteiger partial charge is 0.328 e. The molecule has 2 aromatic rings. The van der Waals surface area contributed by atoms with Gasteiger partial charge in [-0.25, -0.2) is 0 Å². The number of hydrogen-bond donors (Lipinski definition) is 2. The highest BCUT2D eigenvalue weighted by molar-refractivity contribution is 5.38. The Balaban J connectivity index is 2.29. The van der Waals surface area contributed by atoms with Crippen molar-refractivity contribution in [3.63, 3.8) is 0 Å². The predicted molar refractivity (Wildman–Crippen MR) is 76.1 cm³/mol. The number of nitrogens with one attached hydrogen (secondary N) is 1. The van der Waals surface area contributed by atoms with Crippen LogP contribution in [0.3, 0.4) is 0 Å². The fourth-order valence-corrected chi connectivity index (χ4v) is 1.52. The van der Waals surface area contributed by atoms with Crippen LogP contribution >= 0.6 is 0 Å². The van der Waals surface area contributed by atoms with Crippen LogP contribution in [0.15, 0.2) is 24.3 Å². The molecular formula is C13H17N5O2. The standard InChI is InChI=1S/C13H17N5O2/c1-14-11-15-12(18(2)3)17-13(16-11)20-10-6-4-5-9(7-10)8-19/h4-7,19H,8H2,1-3H3,(H,14,15,16,17). The van der Waals surface area contributed by atoms with E-state index in [1.54, 1.807) is 30.1 Å². The SMILES string of the molecule is CNc1nc(Oc2cccc(CO)c2)nc(N(C)C)n1. The van der Waals surface area contributed by atoms with Gasteiger partial charge >= 0.3 is 6.01 Å². The molecule has 7 heteroatoms. The number of anilines is 2. The number of aliphatic hydroxyl groups excluding tert-OH is 1.